The molecular formula is C48H90N2O7. The number of hydrogen-bond acceptors (Lipinski definition) is 6. The van der Waals surface area contributed by atoms with Gasteiger partial charge >= 0.3 is 11.9 Å². The van der Waals surface area contributed by atoms with Gasteiger partial charge < -0.3 is 25.6 Å². The second-order valence-corrected chi connectivity index (χ2v) is 16.6. The van der Waals surface area contributed by atoms with Crippen molar-refractivity contribution in [1.82, 2.24) is 10.6 Å². The number of carboxylic acid groups (broad SMARTS) is 1. The molecule has 4 N–H and O–H groups in total. The zero-order chi connectivity index (χ0) is 41.9. The Bertz CT molecular complexity index is 972. The monoisotopic (exact) mass is 807 g/mol. The van der Waals surface area contributed by atoms with Crippen molar-refractivity contribution in [2.24, 2.45) is 0 Å². The fourth-order valence-electron chi connectivity index (χ4n) is 7.30. The van der Waals surface area contributed by atoms with Gasteiger partial charge in [0.2, 0.25) is 11.8 Å². The summed E-state index contributed by atoms with van der Waals surface area (Å²) in [5.74, 6) is -2.28. The van der Waals surface area contributed by atoms with Crippen molar-refractivity contribution in [2.75, 3.05) is 13.2 Å². The molecule has 2 unspecified atom stereocenters. The second-order valence-electron chi connectivity index (χ2n) is 16.6. The van der Waals surface area contributed by atoms with E-state index in [-0.39, 0.29) is 24.5 Å². The summed E-state index contributed by atoms with van der Waals surface area (Å²) in [7, 11) is 0. The molecule has 0 aromatic carbocycles. The van der Waals surface area contributed by atoms with Crippen LogP contribution in [0, 0.1) is 0 Å². The molecule has 0 aliphatic heterocycles. The van der Waals surface area contributed by atoms with Gasteiger partial charge in [-0.1, -0.05) is 180 Å². The Morgan fingerprint density at radius 1 is 0.509 bits per heavy atom. The summed E-state index contributed by atoms with van der Waals surface area (Å²) in [6.07, 6.45) is 46.7. The standard InChI is InChI=1S/C48H90N2O7/c1-3-5-7-9-11-13-15-16-17-18-19-20-21-23-25-27-32-36-40-47(54)57-43(37-33-29-26-24-22-14-12-10-8-6-4-2)38-34-30-28-31-35-39-45(52)49-41-46(53)50-44(42-51)48(55)56/h17-18,43-44,51H,3-16,19-42H2,1-2H3,(H,49,52)(H,50,53)(H,55,56)/b18-17-. The van der Waals surface area contributed by atoms with E-state index in [0.717, 1.165) is 57.8 Å². The van der Waals surface area contributed by atoms with Gasteiger partial charge in [0.25, 0.3) is 0 Å². The highest BCUT2D eigenvalue weighted by Crippen LogP contribution is 2.19. The number of amides is 2. The maximum atomic E-state index is 12.8. The Hall–Kier alpha value is -2.42. The maximum absolute atomic E-state index is 12.8. The molecule has 0 fully saturated rings. The van der Waals surface area contributed by atoms with E-state index in [1.807, 2.05) is 0 Å². The van der Waals surface area contributed by atoms with Crippen molar-refractivity contribution in [1.29, 1.82) is 0 Å². The first-order chi connectivity index (χ1) is 27.8. The predicted octanol–water partition coefficient (Wildman–Crippen LogP) is 12.2. The van der Waals surface area contributed by atoms with Crippen molar-refractivity contribution in [3.63, 3.8) is 0 Å². The SMILES string of the molecule is CCCCCCCCC/C=C\CCCCCCCCCC(=O)OC(CCCCCCCCCCCCC)CCCCCCCC(=O)NCC(=O)NC(CO)C(=O)O. The Morgan fingerprint density at radius 2 is 0.895 bits per heavy atom. The number of allylic oxidation sites excluding steroid dienone is 2. The first-order valence-corrected chi connectivity index (χ1v) is 24.1. The largest absolute Gasteiger partial charge is 0.480 e. The Balaban J connectivity index is 4.23. The third-order valence-corrected chi connectivity index (χ3v) is 11.0. The van der Waals surface area contributed by atoms with Gasteiger partial charge in [0.05, 0.1) is 13.2 Å². The smallest absolute Gasteiger partial charge is 0.328 e. The van der Waals surface area contributed by atoms with Crippen LogP contribution in [0.15, 0.2) is 12.2 Å². The highest BCUT2D eigenvalue weighted by Gasteiger charge is 2.19. The Morgan fingerprint density at radius 3 is 1.32 bits per heavy atom. The number of esters is 1. The molecule has 0 radical (unpaired) electrons. The Kier molecular flexibility index (Phi) is 41.3. The van der Waals surface area contributed by atoms with E-state index in [2.05, 4.69) is 36.6 Å². The molecule has 0 aromatic rings. The van der Waals surface area contributed by atoms with Crippen molar-refractivity contribution in [2.45, 2.75) is 257 Å². The molecule has 57 heavy (non-hydrogen) atoms. The fourth-order valence-corrected chi connectivity index (χ4v) is 7.30. The molecule has 0 bridgehead atoms. The third-order valence-electron chi connectivity index (χ3n) is 11.0. The highest BCUT2D eigenvalue weighted by atomic mass is 16.5. The average molecular weight is 807 g/mol. The van der Waals surface area contributed by atoms with Gasteiger partial charge in [-0.2, -0.15) is 0 Å². The molecule has 2 amide bonds. The van der Waals surface area contributed by atoms with Crippen molar-refractivity contribution in [3.8, 4) is 0 Å². The van der Waals surface area contributed by atoms with Crippen molar-refractivity contribution >= 4 is 23.8 Å². The van der Waals surface area contributed by atoms with E-state index in [1.54, 1.807) is 0 Å². The number of nitrogens with one attached hydrogen (secondary N) is 2. The number of aliphatic hydroxyl groups is 1. The molecular weight excluding hydrogens is 717 g/mol. The summed E-state index contributed by atoms with van der Waals surface area (Å²) in [5.41, 5.74) is 0. The lowest BCUT2D eigenvalue weighted by molar-refractivity contribution is -0.150. The molecule has 0 aliphatic carbocycles. The molecule has 0 spiro atoms. The second kappa shape index (κ2) is 43.2. The molecule has 0 heterocycles. The lowest BCUT2D eigenvalue weighted by Gasteiger charge is -2.18. The number of carboxylic acids is 1. The molecule has 9 heteroatoms. The Labute approximate surface area is 350 Å². The molecule has 0 saturated heterocycles. The van der Waals surface area contributed by atoms with Crippen LogP contribution in [0.1, 0.15) is 245 Å². The van der Waals surface area contributed by atoms with Gasteiger partial charge in [0, 0.05) is 12.8 Å². The van der Waals surface area contributed by atoms with E-state index < -0.39 is 24.5 Å². The van der Waals surface area contributed by atoms with Crippen LogP contribution in [0.2, 0.25) is 0 Å². The maximum Gasteiger partial charge on any atom is 0.328 e. The number of rotatable bonds is 44. The first kappa shape index (κ1) is 54.6. The molecule has 0 saturated carbocycles. The number of unbranched alkanes of at least 4 members (excludes halogenated alkanes) is 28. The summed E-state index contributed by atoms with van der Waals surface area (Å²) in [6, 6.07) is -1.38. The summed E-state index contributed by atoms with van der Waals surface area (Å²) < 4.78 is 6.05. The number of carbonyl (C=O) groups is 4. The van der Waals surface area contributed by atoms with Crippen LogP contribution < -0.4 is 10.6 Å². The lowest BCUT2D eigenvalue weighted by atomic mass is 10.0. The van der Waals surface area contributed by atoms with Crippen LogP contribution in [0.3, 0.4) is 0 Å². The summed E-state index contributed by atoms with van der Waals surface area (Å²) in [4.78, 5) is 47.7. The number of hydrogen-bond donors (Lipinski definition) is 4. The van der Waals surface area contributed by atoms with Crippen LogP contribution in [0.5, 0.6) is 0 Å². The fraction of sp³-hybridized carbons (Fsp3) is 0.875. The van der Waals surface area contributed by atoms with Crippen LogP contribution >= 0.6 is 0 Å². The van der Waals surface area contributed by atoms with Gasteiger partial charge in [-0.05, 0) is 64.2 Å². The summed E-state index contributed by atoms with van der Waals surface area (Å²) >= 11 is 0. The molecule has 334 valence electrons. The summed E-state index contributed by atoms with van der Waals surface area (Å²) in [6.45, 7) is 3.50. The van der Waals surface area contributed by atoms with E-state index in [0.29, 0.717) is 19.3 Å². The predicted molar refractivity (Wildman–Crippen MR) is 236 cm³/mol. The zero-order valence-corrected chi connectivity index (χ0v) is 37.1. The molecule has 0 aliphatic rings. The number of ether oxygens (including phenoxy) is 1. The van der Waals surface area contributed by atoms with E-state index in [9.17, 15) is 19.2 Å². The van der Waals surface area contributed by atoms with Gasteiger partial charge in [-0.25, -0.2) is 4.79 Å². The minimum atomic E-state index is -1.38. The highest BCUT2D eigenvalue weighted by molar-refractivity contribution is 5.87. The average Bonchev–Trinajstić information content (AvgIpc) is 3.20. The van der Waals surface area contributed by atoms with Crippen molar-refractivity contribution < 1.29 is 34.1 Å². The topological polar surface area (TPSA) is 142 Å². The van der Waals surface area contributed by atoms with Gasteiger partial charge in [0.1, 0.15) is 12.1 Å². The van der Waals surface area contributed by atoms with Crippen LogP contribution in [-0.2, 0) is 23.9 Å². The quantitative estimate of drug-likeness (QED) is 0.0273. The normalized spacial score (nSPS) is 12.5. The van der Waals surface area contributed by atoms with Gasteiger partial charge in [-0.15, -0.1) is 0 Å². The minimum absolute atomic E-state index is 0.0100. The molecule has 2 atom stereocenters. The van der Waals surface area contributed by atoms with E-state index in [1.165, 1.54) is 154 Å². The number of carbonyl (C=O) groups excluding carboxylic acids is 3. The lowest BCUT2D eigenvalue weighted by Crippen LogP contribution is -2.47. The van der Waals surface area contributed by atoms with Crippen molar-refractivity contribution in [3.05, 3.63) is 12.2 Å². The molecule has 0 aromatic heterocycles. The molecule has 0 rings (SSSR count). The van der Waals surface area contributed by atoms with Gasteiger partial charge in [-0.3, -0.25) is 14.4 Å². The minimum Gasteiger partial charge on any atom is -0.480 e. The van der Waals surface area contributed by atoms with Gasteiger partial charge in [0.15, 0.2) is 0 Å². The molecule has 9 nitrogen and oxygen atoms in total. The van der Waals surface area contributed by atoms with Crippen LogP contribution in [0.4, 0.5) is 0 Å². The number of aliphatic carboxylic acids is 1. The number of aliphatic hydroxyl groups excluding tert-OH is 1. The van der Waals surface area contributed by atoms with E-state index in [4.69, 9.17) is 14.9 Å². The third kappa shape index (κ3) is 40.2. The first-order valence-electron chi connectivity index (χ1n) is 24.1. The summed E-state index contributed by atoms with van der Waals surface area (Å²) in [5, 5.41) is 22.6. The zero-order valence-electron chi connectivity index (χ0n) is 37.1. The van der Waals surface area contributed by atoms with Crippen LogP contribution in [0.25, 0.3) is 0 Å². The van der Waals surface area contributed by atoms with Crippen LogP contribution in [-0.4, -0.2) is 59.3 Å². The van der Waals surface area contributed by atoms with E-state index >= 15 is 0 Å².